The summed E-state index contributed by atoms with van der Waals surface area (Å²) >= 11 is 5.86. The Morgan fingerprint density at radius 1 is 1.47 bits per heavy atom. The van der Waals surface area contributed by atoms with E-state index < -0.39 is 5.82 Å². The van der Waals surface area contributed by atoms with E-state index in [-0.39, 0.29) is 22.2 Å². The second kappa shape index (κ2) is 5.50. The summed E-state index contributed by atoms with van der Waals surface area (Å²) in [6, 6.07) is 5.68. The minimum atomic E-state index is -0.667. The first-order valence-corrected chi connectivity index (χ1v) is 5.59. The fourth-order valence-corrected chi connectivity index (χ4v) is 1.43. The van der Waals surface area contributed by atoms with Crippen LogP contribution in [0.2, 0.25) is 5.02 Å². The fourth-order valence-electron chi connectivity index (χ4n) is 1.30. The Labute approximate surface area is 113 Å². The van der Waals surface area contributed by atoms with E-state index in [9.17, 15) is 4.39 Å². The van der Waals surface area contributed by atoms with Crippen LogP contribution in [0.4, 0.5) is 10.3 Å². The van der Waals surface area contributed by atoms with Gasteiger partial charge in [-0.05, 0) is 18.2 Å². The maximum Gasteiger partial charge on any atom is 0.243 e. The minimum Gasteiger partial charge on any atom is -0.434 e. The van der Waals surface area contributed by atoms with Crippen LogP contribution >= 0.6 is 11.6 Å². The third-order valence-corrected chi connectivity index (χ3v) is 2.46. The minimum absolute atomic E-state index is 0.0321. The molecule has 2 aromatic rings. The van der Waals surface area contributed by atoms with Crippen LogP contribution in [0.3, 0.4) is 0 Å². The lowest BCUT2D eigenvalue weighted by Gasteiger charge is -2.08. The van der Waals surface area contributed by atoms with Gasteiger partial charge in [0.2, 0.25) is 11.8 Å². The van der Waals surface area contributed by atoms with Crippen molar-refractivity contribution in [1.82, 2.24) is 9.97 Å². The highest BCUT2D eigenvalue weighted by atomic mass is 35.5. The summed E-state index contributed by atoms with van der Waals surface area (Å²) in [6.07, 6.45) is 1.34. The monoisotopic (exact) mass is 278 g/mol. The van der Waals surface area contributed by atoms with Crippen LogP contribution in [0.25, 0.3) is 0 Å². The third-order valence-electron chi connectivity index (χ3n) is 2.20. The second-order valence-corrected chi connectivity index (χ2v) is 3.86. The molecule has 0 amide bonds. The molecule has 19 heavy (non-hydrogen) atoms. The van der Waals surface area contributed by atoms with Crippen LogP contribution in [0.1, 0.15) is 5.56 Å². The van der Waals surface area contributed by atoms with Crippen molar-refractivity contribution in [3.8, 4) is 17.7 Å². The van der Waals surface area contributed by atoms with Gasteiger partial charge in [0.1, 0.15) is 5.02 Å². The quantitative estimate of drug-likeness (QED) is 0.934. The molecule has 0 spiro atoms. The van der Waals surface area contributed by atoms with Crippen LogP contribution in [-0.4, -0.2) is 17.0 Å². The smallest absolute Gasteiger partial charge is 0.243 e. The molecule has 0 aliphatic heterocycles. The molecule has 5 nitrogen and oxygen atoms in total. The maximum absolute atomic E-state index is 13.7. The number of anilines is 1. The molecule has 0 unspecified atom stereocenters. The lowest BCUT2D eigenvalue weighted by Crippen LogP contribution is -1.99. The summed E-state index contributed by atoms with van der Waals surface area (Å²) in [6.45, 7) is 0. The number of halogens is 2. The standard InChI is InChI=1S/C12H8ClFN4O/c1-16-12-17-6-8(13)11(18-12)19-10-3-2-7(5-15)4-9(10)14/h2-4,6H,1H3,(H,16,17,18). The molecule has 0 radical (unpaired) electrons. The van der Waals surface area contributed by atoms with E-state index in [1.165, 1.54) is 18.3 Å². The molecule has 1 aromatic heterocycles. The number of nitrogens with one attached hydrogen (secondary N) is 1. The lowest BCUT2D eigenvalue weighted by molar-refractivity contribution is 0.427. The molecule has 0 aliphatic carbocycles. The molecular weight excluding hydrogens is 271 g/mol. The van der Waals surface area contributed by atoms with Crippen molar-refractivity contribution in [3.05, 3.63) is 40.8 Å². The molecule has 0 saturated heterocycles. The first kappa shape index (κ1) is 13.1. The van der Waals surface area contributed by atoms with Gasteiger partial charge in [-0.3, -0.25) is 0 Å². The summed E-state index contributed by atoms with van der Waals surface area (Å²) in [5.74, 6) is -0.403. The van der Waals surface area contributed by atoms with E-state index in [0.717, 1.165) is 6.07 Å². The predicted octanol–water partition coefficient (Wildman–Crippen LogP) is 2.97. The first-order chi connectivity index (χ1) is 9.13. The highest BCUT2D eigenvalue weighted by Crippen LogP contribution is 2.29. The molecule has 0 saturated carbocycles. The summed E-state index contributed by atoms with van der Waals surface area (Å²) in [4.78, 5) is 7.84. The summed E-state index contributed by atoms with van der Waals surface area (Å²) in [5, 5.41) is 11.5. The summed E-state index contributed by atoms with van der Waals surface area (Å²) in [5.41, 5.74) is 0.203. The number of ether oxygens (including phenoxy) is 1. The van der Waals surface area contributed by atoms with Crippen molar-refractivity contribution >= 4 is 17.5 Å². The number of nitriles is 1. The Kier molecular flexibility index (Phi) is 3.78. The lowest BCUT2D eigenvalue weighted by atomic mass is 10.2. The van der Waals surface area contributed by atoms with Crippen molar-refractivity contribution in [3.63, 3.8) is 0 Å². The van der Waals surface area contributed by atoms with E-state index in [2.05, 4.69) is 15.3 Å². The number of aromatic nitrogens is 2. The van der Waals surface area contributed by atoms with Gasteiger partial charge in [-0.2, -0.15) is 10.2 Å². The number of rotatable bonds is 3. The van der Waals surface area contributed by atoms with E-state index >= 15 is 0 Å². The van der Waals surface area contributed by atoms with Gasteiger partial charge in [-0.1, -0.05) is 11.6 Å². The Morgan fingerprint density at radius 2 is 2.26 bits per heavy atom. The van der Waals surface area contributed by atoms with E-state index in [1.807, 2.05) is 6.07 Å². The predicted molar refractivity (Wildman–Crippen MR) is 67.8 cm³/mol. The Hall–Kier alpha value is -2.39. The molecule has 0 atom stereocenters. The van der Waals surface area contributed by atoms with Crippen molar-refractivity contribution in [1.29, 1.82) is 5.26 Å². The third kappa shape index (κ3) is 2.89. The molecule has 2 rings (SSSR count). The topological polar surface area (TPSA) is 70.8 Å². The zero-order valence-electron chi connectivity index (χ0n) is 9.82. The SMILES string of the molecule is CNc1ncc(Cl)c(Oc2ccc(C#N)cc2F)n1. The van der Waals surface area contributed by atoms with Gasteiger partial charge < -0.3 is 10.1 Å². The average Bonchev–Trinajstić information content (AvgIpc) is 2.43. The number of hydrogen-bond acceptors (Lipinski definition) is 5. The van der Waals surface area contributed by atoms with E-state index in [4.69, 9.17) is 21.6 Å². The molecule has 0 bridgehead atoms. The van der Waals surface area contributed by atoms with Gasteiger partial charge in [0.15, 0.2) is 11.6 Å². The normalized spacial score (nSPS) is 9.79. The average molecular weight is 279 g/mol. The zero-order valence-corrected chi connectivity index (χ0v) is 10.6. The Morgan fingerprint density at radius 3 is 2.89 bits per heavy atom. The van der Waals surface area contributed by atoms with Gasteiger partial charge in [0.05, 0.1) is 17.8 Å². The van der Waals surface area contributed by atoms with Crippen LogP contribution in [0.5, 0.6) is 11.6 Å². The van der Waals surface area contributed by atoms with Gasteiger partial charge in [0, 0.05) is 7.05 Å². The fraction of sp³-hybridized carbons (Fsp3) is 0.0833. The number of benzene rings is 1. The Bertz CT molecular complexity index is 657. The van der Waals surface area contributed by atoms with Crippen molar-refractivity contribution < 1.29 is 9.13 Å². The van der Waals surface area contributed by atoms with Crippen molar-refractivity contribution in [2.24, 2.45) is 0 Å². The molecule has 1 aromatic carbocycles. The van der Waals surface area contributed by atoms with Crippen LogP contribution < -0.4 is 10.1 Å². The molecule has 7 heteroatoms. The zero-order chi connectivity index (χ0) is 13.8. The molecule has 0 fully saturated rings. The van der Waals surface area contributed by atoms with Crippen molar-refractivity contribution in [2.75, 3.05) is 12.4 Å². The number of nitrogens with zero attached hydrogens (tertiary/aromatic N) is 3. The summed E-state index contributed by atoms with van der Waals surface area (Å²) < 4.78 is 18.9. The van der Waals surface area contributed by atoms with Crippen LogP contribution in [-0.2, 0) is 0 Å². The Balaban J connectivity index is 2.33. The largest absolute Gasteiger partial charge is 0.434 e. The number of hydrogen-bond donors (Lipinski definition) is 1. The highest BCUT2D eigenvalue weighted by molar-refractivity contribution is 6.31. The van der Waals surface area contributed by atoms with Gasteiger partial charge in [0.25, 0.3) is 0 Å². The molecule has 1 N–H and O–H groups in total. The van der Waals surface area contributed by atoms with Gasteiger partial charge in [-0.25, -0.2) is 9.37 Å². The first-order valence-electron chi connectivity index (χ1n) is 5.22. The molecular formula is C12H8ClFN4O. The maximum atomic E-state index is 13.7. The molecule has 96 valence electrons. The highest BCUT2D eigenvalue weighted by Gasteiger charge is 2.11. The van der Waals surface area contributed by atoms with Crippen LogP contribution in [0, 0.1) is 17.1 Å². The second-order valence-electron chi connectivity index (χ2n) is 3.46. The van der Waals surface area contributed by atoms with Gasteiger partial charge >= 0.3 is 0 Å². The van der Waals surface area contributed by atoms with Crippen LogP contribution in [0.15, 0.2) is 24.4 Å². The molecule has 1 heterocycles. The van der Waals surface area contributed by atoms with Gasteiger partial charge in [-0.15, -0.1) is 0 Å². The van der Waals surface area contributed by atoms with Crippen molar-refractivity contribution in [2.45, 2.75) is 0 Å². The summed E-state index contributed by atoms with van der Waals surface area (Å²) in [7, 11) is 1.63. The molecule has 0 aliphatic rings. The van der Waals surface area contributed by atoms with E-state index in [0.29, 0.717) is 5.95 Å². The van der Waals surface area contributed by atoms with E-state index in [1.54, 1.807) is 7.05 Å².